The molecule has 1 aromatic rings. The van der Waals surface area contributed by atoms with Crippen LogP contribution >= 0.6 is 0 Å². The van der Waals surface area contributed by atoms with E-state index in [0.29, 0.717) is 12.6 Å². The molecule has 1 saturated heterocycles. The molecule has 1 aliphatic rings. The number of benzene rings is 1. The van der Waals surface area contributed by atoms with Crippen LogP contribution < -0.4 is 10.2 Å². The van der Waals surface area contributed by atoms with E-state index in [0.717, 1.165) is 31.0 Å². The summed E-state index contributed by atoms with van der Waals surface area (Å²) in [5.74, 6) is -0.181. The summed E-state index contributed by atoms with van der Waals surface area (Å²) < 4.78 is 18.7. The van der Waals surface area contributed by atoms with Crippen molar-refractivity contribution in [2.75, 3.05) is 31.7 Å². The Morgan fingerprint density at radius 2 is 2.35 bits per heavy atom. The van der Waals surface area contributed by atoms with Crippen molar-refractivity contribution in [3.05, 3.63) is 29.6 Å². The zero-order chi connectivity index (χ0) is 12.3. The highest BCUT2D eigenvalue weighted by Crippen LogP contribution is 2.25. The van der Waals surface area contributed by atoms with Gasteiger partial charge in [-0.1, -0.05) is 0 Å². The van der Waals surface area contributed by atoms with E-state index in [9.17, 15) is 4.39 Å². The Morgan fingerprint density at radius 3 is 3.06 bits per heavy atom. The maximum absolute atomic E-state index is 13.3. The molecule has 1 aromatic carbocycles. The van der Waals surface area contributed by atoms with Crippen LogP contribution in [0.2, 0.25) is 0 Å². The normalized spacial score (nSPS) is 20.6. The van der Waals surface area contributed by atoms with Crippen molar-refractivity contribution in [3.8, 4) is 0 Å². The van der Waals surface area contributed by atoms with Crippen LogP contribution in [0.4, 0.5) is 10.1 Å². The SMILES string of the molecule is CNCc1cc(F)ccc1N1CCOCC1C. The van der Waals surface area contributed by atoms with E-state index in [1.165, 1.54) is 6.07 Å². The van der Waals surface area contributed by atoms with Crippen LogP contribution in [0.3, 0.4) is 0 Å². The molecular formula is C13H19FN2O. The molecule has 1 aliphatic heterocycles. The second kappa shape index (κ2) is 5.47. The lowest BCUT2D eigenvalue weighted by Gasteiger charge is -2.36. The quantitative estimate of drug-likeness (QED) is 0.868. The zero-order valence-corrected chi connectivity index (χ0v) is 10.4. The minimum absolute atomic E-state index is 0.181. The lowest BCUT2D eigenvalue weighted by Crippen LogP contribution is -2.44. The van der Waals surface area contributed by atoms with E-state index in [4.69, 9.17) is 4.74 Å². The van der Waals surface area contributed by atoms with Gasteiger partial charge in [-0.15, -0.1) is 0 Å². The van der Waals surface area contributed by atoms with Gasteiger partial charge in [0.1, 0.15) is 5.82 Å². The lowest BCUT2D eigenvalue weighted by atomic mass is 10.1. The van der Waals surface area contributed by atoms with Crippen LogP contribution in [-0.2, 0) is 11.3 Å². The number of hydrogen-bond acceptors (Lipinski definition) is 3. The van der Waals surface area contributed by atoms with Crippen molar-refractivity contribution in [1.82, 2.24) is 5.32 Å². The van der Waals surface area contributed by atoms with Crippen LogP contribution in [-0.4, -0.2) is 32.8 Å². The number of hydrogen-bond donors (Lipinski definition) is 1. The van der Waals surface area contributed by atoms with Crippen LogP contribution in [0.5, 0.6) is 0 Å². The molecule has 0 saturated carbocycles. The van der Waals surface area contributed by atoms with Crippen molar-refractivity contribution >= 4 is 5.69 Å². The number of halogens is 1. The molecule has 0 spiro atoms. The molecule has 94 valence electrons. The highest BCUT2D eigenvalue weighted by atomic mass is 19.1. The topological polar surface area (TPSA) is 24.5 Å². The Labute approximate surface area is 102 Å². The monoisotopic (exact) mass is 238 g/mol. The van der Waals surface area contributed by atoms with Gasteiger partial charge in [-0.2, -0.15) is 0 Å². The Hall–Kier alpha value is -1.13. The number of nitrogens with one attached hydrogen (secondary N) is 1. The first-order chi connectivity index (χ1) is 8.22. The maximum Gasteiger partial charge on any atom is 0.123 e. The van der Waals surface area contributed by atoms with E-state index in [1.807, 2.05) is 13.1 Å². The lowest BCUT2D eigenvalue weighted by molar-refractivity contribution is 0.0988. The van der Waals surface area contributed by atoms with Gasteiger partial charge in [0.2, 0.25) is 0 Å². The van der Waals surface area contributed by atoms with Gasteiger partial charge in [0.25, 0.3) is 0 Å². The number of nitrogens with zero attached hydrogens (tertiary/aromatic N) is 1. The molecule has 1 unspecified atom stereocenters. The van der Waals surface area contributed by atoms with Crippen LogP contribution in [0.25, 0.3) is 0 Å². The van der Waals surface area contributed by atoms with Gasteiger partial charge in [-0.25, -0.2) is 4.39 Å². The predicted octanol–water partition coefficient (Wildman–Crippen LogP) is 1.77. The molecular weight excluding hydrogens is 219 g/mol. The summed E-state index contributed by atoms with van der Waals surface area (Å²) in [6.45, 7) is 5.14. The zero-order valence-electron chi connectivity index (χ0n) is 10.4. The summed E-state index contributed by atoms with van der Waals surface area (Å²) in [6.07, 6.45) is 0. The Bertz CT molecular complexity index is 384. The summed E-state index contributed by atoms with van der Waals surface area (Å²) in [6, 6.07) is 5.33. The highest BCUT2D eigenvalue weighted by molar-refractivity contribution is 5.55. The number of anilines is 1. The minimum atomic E-state index is -0.181. The second-order valence-corrected chi connectivity index (χ2v) is 4.42. The van der Waals surface area contributed by atoms with Crippen molar-refractivity contribution in [1.29, 1.82) is 0 Å². The molecule has 17 heavy (non-hydrogen) atoms. The molecule has 3 nitrogen and oxygen atoms in total. The third-order valence-corrected chi connectivity index (χ3v) is 3.09. The largest absolute Gasteiger partial charge is 0.377 e. The van der Waals surface area contributed by atoms with E-state index < -0.39 is 0 Å². The molecule has 1 atom stereocenters. The van der Waals surface area contributed by atoms with E-state index in [2.05, 4.69) is 17.1 Å². The molecule has 0 radical (unpaired) electrons. The maximum atomic E-state index is 13.3. The minimum Gasteiger partial charge on any atom is -0.377 e. The molecule has 1 heterocycles. The molecule has 0 amide bonds. The summed E-state index contributed by atoms with van der Waals surface area (Å²) in [7, 11) is 1.87. The first-order valence-corrected chi connectivity index (χ1v) is 6.00. The Kier molecular flexibility index (Phi) is 3.97. The predicted molar refractivity (Wildman–Crippen MR) is 66.8 cm³/mol. The van der Waals surface area contributed by atoms with Crippen molar-refractivity contribution in [2.45, 2.75) is 19.5 Å². The summed E-state index contributed by atoms with van der Waals surface area (Å²) in [4.78, 5) is 2.29. The summed E-state index contributed by atoms with van der Waals surface area (Å²) >= 11 is 0. The molecule has 1 fully saturated rings. The molecule has 0 bridgehead atoms. The second-order valence-electron chi connectivity index (χ2n) is 4.42. The van der Waals surface area contributed by atoms with Gasteiger partial charge in [-0.3, -0.25) is 0 Å². The van der Waals surface area contributed by atoms with Crippen molar-refractivity contribution in [2.24, 2.45) is 0 Å². The Morgan fingerprint density at radius 1 is 1.53 bits per heavy atom. The van der Waals surface area contributed by atoms with Crippen LogP contribution in [0.1, 0.15) is 12.5 Å². The van der Waals surface area contributed by atoms with E-state index in [1.54, 1.807) is 6.07 Å². The van der Waals surface area contributed by atoms with Gasteiger partial charge in [0, 0.05) is 24.8 Å². The standard InChI is InChI=1S/C13H19FN2O/c1-10-9-17-6-5-16(10)13-4-3-12(14)7-11(13)8-15-2/h3-4,7,10,15H,5-6,8-9H2,1-2H3. The van der Waals surface area contributed by atoms with E-state index in [-0.39, 0.29) is 5.82 Å². The fourth-order valence-electron chi connectivity index (χ4n) is 2.25. The first-order valence-electron chi connectivity index (χ1n) is 6.00. The molecule has 0 aromatic heterocycles. The molecule has 1 N–H and O–H groups in total. The van der Waals surface area contributed by atoms with Gasteiger partial charge < -0.3 is 15.0 Å². The van der Waals surface area contributed by atoms with Gasteiger partial charge in [-0.05, 0) is 37.7 Å². The molecule has 4 heteroatoms. The highest BCUT2D eigenvalue weighted by Gasteiger charge is 2.21. The summed E-state index contributed by atoms with van der Waals surface area (Å²) in [5, 5.41) is 3.08. The molecule has 0 aliphatic carbocycles. The smallest absolute Gasteiger partial charge is 0.123 e. The molecule has 2 rings (SSSR count). The average molecular weight is 238 g/mol. The van der Waals surface area contributed by atoms with Crippen molar-refractivity contribution < 1.29 is 9.13 Å². The van der Waals surface area contributed by atoms with E-state index >= 15 is 0 Å². The third-order valence-electron chi connectivity index (χ3n) is 3.09. The Balaban J connectivity index is 2.29. The summed E-state index contributed by atoms with van der Waals surface area (Å²) in [5.41, 5.74) is 2.11. The number of rotatable bonds is 3. The van der Waals surface area contributed by atoms with Gasteiger partial charge >= 0.3 is 0 Å². The van der Waals surface area contributed by atoms with Crippen LogP contribution in [0.15, 0.2) is 18.2 Å². The van der Waals surface area contributed by atoms with Gasteiger partial charge in [0.05, 0.1) is 13.2 Å². The van der Waals surface area contributed by atoms with Crippen LogP contribution in [0, 0.1) is 5.82 Å². The van der Waals surface area contributed by atoms with Crippen molar-refractivity contribution in [3.63, 3.8) is 0 Å². The fourth-order valence-corrected chi connectivity index (χ4v) is 2.25. The average Bonchev–Trinajstić information content (AvgIpc) is 2.31. The first kappa shape index (κ1) is 12.3. The fraction of sp³-hybridized carbons (Fsp3) is 0.538. The number of ether oxygens (including phenoxy) is 1. The number of morpholine rings is 1. The third kappa shape index (κ3) is 2.76. The van der Waals surface area contributed by atoms with Gasteiger partial charge in [0.15, 0.2) is 0 Å².